The molecule has 0 amide bonds. The van der Waals surface area contributed by atoms with Gasteiger partial charge in [0.25, 0.3) is 0 Å². The summed E-state index contributed by atoms with van der Waals surface area (Å²) in [5, 5.41) is 10.0. The minimum absolute atomic E-state index is 0.116. The molecule has 2 atom stereocenters. The second kappa shape index (κ2) is 20.6. The number of benzene rings is 4. The van der Waals surface area contributed by atoms with Crippen molar-refractivity contribution in [3.63, 3.8) is 0 Å². The third-order valence-corrected chi connectivity index (χ3v) is 17.1. The quantitative estimate of drug-likeness (QED) is 0.0932. The summed E-state index contributed by atoms with van der Waals surface area (Å²) in [4.78, 5) is 13.6. The summed E-state index contributed by atoms with van der Waals surface area (Å²) < 4.78 is 130. The molecule has 0 aliphatic carbocycles. The van der Waals surface area contributed by atoms with Crippen molar-refractivity contribution in [2.45, 2.75) is 75.2 Å². The number of ether oxygens (including phenoxy) is 4. The number of rotatable bonds is 16. The summed E-state index contributed by atoms with van der Waals surface area (Å²) in [5.41, 5.74) is 6.83. The Morgan fingerprint density at radius 3 is 1.62 bits per heavy atom. The molecule has 2 fully saturated rings. The number of halogens is 4. The maximum atomic E-state index is 14.3. The highest BCUT2D eigenvalue weighted by Crippen LogP contribution is 2.40. The maximum absolute atomic E-state index is 14.3. The van der Waals surface area contributed by atoms with Gasteiger partial charge in [0, 0.05) is 60.0 Å². The lowest BCUT2D eigenvalue weighted by Gasteiger charge is -2.21. The lowest BCUT2D eigenvalue weighted by Crippen LogP contribution is -2.37. The second-order valence-electron chi connectivity index (χ2n) is 19.0. The van der Waals surface area contributed by atoms with E-state index in [9.17, 15) is 30.0 Å². The smallest absolute Gasteiger partial charge is 0.416 e. The van der Waals surface area contributed by atoms with Crippen LogP contribution in [0.4, 0.5) is 24.5 Å². The molecule has 2 aliphatic rings. The van der Waals surface area contributed by atoms with Crippen LogP contribution in [-0.4, -0.2) is 106 Å². The Bertz CT molecular complexity index is 3820. The Kier molecular flexibility index (Phi) is 14.3. The fourth-order valence-corrected chi connectivity index (χ4v) is 13.0. The SMILES string of the molecule is COc1ccc(-c2c(C)nc3c(N4CC[C@@H](NS(=O)(=O)c5ccc(C(F)(F)F)cc5COc5ccc(-c6c(C)nc7c(N8CC[C@@H](NS(=O)(=O)c9ccc(Cl)cc9)C8)cc(C)nn67)cc5OC)C4)cc(C)nn23)cc1OC. The molecule has 2 saturated heterocycles. The largest absolute Gasteiger partial charge is 0.493 e. The number of aryl methyl sites for hydroxylation is 4. The fourth-order valence-electron chi connectivity index (χ4n) is 10.1. The van der Waals surface area contributed by atoms with Gasteiger partial charge in [-0.05, 0) is 132 Å². The van der Waals surface area contributed by atoms with E-state index in [1.165, 1.54) is 31.4 Å². The van der Waals surface area contributed by atoms with Gasteiger partial charge in [0.15, 0.2) is 34.3 Å². The second-order valence-corrected chi connectivity index (χ2v) is 22.8. The summed E-state index contributed by atoms with van der Waals surface area (Å²) >= 11 is 5.99. The van der Waals surface area contributed by atoms with E-state index in [1.807, 2.05) is 56.9 Å². The molecular weight excluding hydrogens is 1060 g/mol. The summed E-state index contributed by atoms with van der Waals surface area (Å²) in [6, 6.07) is 21.8. The van der Waals surface area contributed by atoms with Crippen LogP contribution in [0.15, 0.2) is 101 Å². The van der Waals surface area contributed by atoms with Gasteiger partial charge in [-0.3, -0.25) is 0 Å². The summed E-state index contributed by atoms with van der Waals surface area (Å²) in [6.07, 6.45) is -3.84. The predicted octanol–water partition coefficient (Wildman–Crippen LogP) is 8.73. The number of sulfonamides is 2. The third kappa shape index (κ3) is 10.5. The number of hydrogen-bond donors (Lipinski definition) is 2. The van der Waals surface area contributed by atoms with Gasteiger partial charge in [-0.1, -0.05) is 11.6 Å². The first-order chi connectivity index (χ1) is 36.6. The molecule has 18 nitrogen and oxygen atoms in total. The standard InChI is InChI=1S/C53H54ClF3N10O8S2/c1-30-22-42(64-20-18-39(27-64)62-76(68,69)41-13-11-38(54)12-14-41)51-59-33(4)50(67(51)61-30)35-9-16-45(47(26-35)74-7)75-29-36-24-37(53(55,56)57)10-17-48(36)77(70,71)63-40-19-21-65(28-40)43-23-31(2)60-66-49(32(3)58-52(43)66)34-8-15-44(72-5)46(25-34)73-6/h8-17,22-26,39-40,62-63H,18-21,27-29H2,1-7H3/t39-,40-/m1/s1. The van der Waals surface area contributed by atoms with E-state index >= 15 is 0 Å². The van der Waals surface area contributed by atoms with E-state index in [-0.39, 0.29) is 39.4 Å². The predicted molar refractivity (Wildman–Crippen MR) is 285 cm³/mol. The fraction of sp³-hybridized carbons (Fsp3) is 0.321. The van der Waals surface area contributed by atoms with Crippen LogP contribution in [0.3, 0.4) is 0 Å². The van der Waals surface area contributed by atoms with Crippen molar-refractivity contribution in [3.05, 3.63) is 130 Å². The van der Waals surface area contributed by atoms with Gasteiger partial charge < -0.3 is 28.7 Å². The Morgan fingerprint density at radius 2 is 1.12 bits per heavy atom. The first-order valence-electron chi connectivity index (χ1n) is 24.4. The molecule has 404 valence electrons. The highest BCUT2D eigenvalue weighted by Gasteiger charge is 2.35. The summed E-state index contributed by atoms with van der Waals surface area (Å²) in [5.74, 6) is 1.46. The first kappa shape index (κ1) is 53.2. The van der Waals surface area contributed by atoms with Crippen molar-refractivity contribution in [2.24, 2.45) is 0 Å². The average molecular weight is 1120 g/mol. The maximum Gasteiger partial charge on any atom is 0.416 e. The molecule has 0 bridgehead atoms. The minimum atomic E-state index is -4.78. The number of fused-ring (bicyclic) bond motifs is 2. The molecule has 2 N–H and O–H groups in total. The minimum Gasteiger partial charge on any atom is -0.493 e. The van der Waals surface area contributed by atoms with Crippen molar-refractivity contribution in [3.8, 4) is 45.5 Å². The lowest BCUT2D eigenvalue weighted by molar-refractivity contribution is -0.137. The van der Waals surface area contributed by atoms with E-state index in [4.69, 9.17) is 50.7 Å². The lowest BCUT2D eigenvalue weighted by atomic mass is 10.1. The Balaban J connectivity index is 0.873. The first-order valence-corrected chi connectivity index (χ1v) is 27.8. The molecule has 24 heteroatoms. The third-order valence-electron chi connectivity index (χ3n) is 13.7. The Hall–Kier alpha value is -7.18. The van der Waals surface area contributed by atoms with Crippen molar-refractivity contribution in [2.75, 3.05) is 57.3 Å². The number of methoxy groups -OCH3 is 3. The van der Waals surface area contributed by atoms with Crippen LogP contribution in [0, 0.1) is 27.7 Å². The van der Waals surface area contributed by atoms with Gasteiger partial charge in [0.2, 0.25) is 20.0 Å². The molecule has 8 aromatic rings. The van der Waals surface area contributed by atoms with Crippen LogP contribution >= 0.6 is 11.6 Å². The number of imidazole rings is 2. The molecule has 2 aliphatic heterocycles. The summed E-state index contributed by atoms with van der Waals surface area (Å²) in [7, 11) is -3.70. The zero-order valence-corrected chi connectivity index (χ0v) is 45.3. The van der Waals surface area contributed by atoms with Gasteiger partial charge in [0.05, 0.1) is 82.2 Å². The van der Waals surface area contributed by atoms with Crippen LogP contribution < -0.4 is 38.2 Å². The van der Waals surface area contributed by atoms with Crippen LogP contribution in [0.2, 0.25) is 5.02 Å². The monoisotopic (exact) mass is 1110 g/mol. The van der Waals surface area contributed by atoms with Crippen LogP contribution in [0.25, 0.3) is 33.8 Å². The number of nitrogens with zero attached hydrogens (tertiary/aromatic N) is 8. The van der Waals surface area contributed by atoms with E-state index in [1.54, 1.807) is 47.5 Å². The molecule has 0 spiro atoms. The molecule has 4 aromatic heterocycles. The van der Waals surface area contributed by atoms with Crippen LogP contribution in [0.5, 0.6) is 23.0 Å². The van der Waals surface area contributed by atoms with E-state index in [0.717, 1.165) is 40.8 Å². The van der Waals surface area contributed by atoms with Crippen molar-refractivity contribution in [1.82, 2.24) is 38.6 Å². The molecule has 4 aromatic carbocycles. The van der Waals surface area contributed by atoms with E-state index < -0.39 is 44.4 Å². The van der Waals surface area contributed by atoms with Gasteiger partial charge in [-0.15, -0.1) is 0 Å². The number of aromatic nitrogens is 6. The normalized spacial score (nSPS) is 16.2. The average Bonchev–Trinajstić information content (AvgIpc) is 4.20. The molecule has 10 rings (SSSR count). The van der Waals surface area contributed by atoms with Gasteiger partial charge >= 0.3 is 6.18 Å². The van der Waals surface area contributed by atoms with Crippen molar-refractivity contribution >= 4 is 54.3 Å². The van der Waals surface area contributed by atoms with Gasteiger partial charge in [-0.2, -0.15) is 23.4 Å². The molecule has 0 unspecified atom stereocenters. The van der Waals surface area contributed by atoms with Gasteiger partial charge in [-0.25, -0.2) is 45.3 Å². The Morgan fingerprint density at radius 1 is 0.623 bits per heavy atom. The van der Waals surface area contributed by atoms with Crippen molar-refractivity contribution < 1.29 is 49.0 Å². The van der Waals surface area contributed by atoms with Crippen LogP contribution in [0.1, 0.15) is 46.7 Å². The number of alkyl halides is 3. The van der Waals surface area contributed by atoms with E-state index in [2.05, 4.69) is 14.3 Å². The molecule has 77 heavy (non-hydrogen) atoms. The highest BCUT2D eigenvalue weighted by molar-refractivity contribution is 7.89. The highest BCUT2D eigenvalue weighted by atomic mass is 35.5. The topological polar surface area (TPSA) is 196 Å². The summed E-state index contributed by atoms with van der Waals surface area (Å²) in [6.45, 7) is 8.46. The zero-order valence-electron chi connectivity index (χ0n) is 42.9. The molecular formula is C53H54ClF3N10O8S2. The van der Waals surface area contributed by atoms with Crippen LogP contribution in [-0.2, 0) is 32.8 Å². The zero-order chi connectivity index (χ0) is 54.7. The van der Waals surface area contributed by atoms with Crippen molar-refractivity contribution in [1.29, 1.82) is 0 Å². The number of anilines is 2. The molecule has 6 heterocycles. The molecule has 0 saturated carbocycles. The number of hydrogen-bond acceptors (Lipinski definition) is 14. The Labute approximate surface area is 447 Å². The van der Waals surface area contributed by atoms with E-state index in [0.29, 0.717) is 94.3 Å². The van der Waals surface area contributed by atoms with Gasteiger partial charge in [0.1, 0.15) is 6.61 Å². The number of nitrogens with one attached hydrogen (secondary N) is 2. The molecule has 0 radical (unpaired) electrons.